The second-order valence-electron chi connectivity index (χ2n) is 10.5. The van der Waals surface area contributed by atoms with Crippen LogP contribution in [0.2, 0.25) is 0 Å². The largest absolute Gasteiger partial charge is 0.493 e. The zero-order chi connectivity index (χ0) is 27.2. The summed E-state index contributed by atoms with van der Waals surface area (Å²) >= 11 is 0. The van der Waals surface area contributed by atoms with Crippen LogP contribution in [0.3, 0.4) is 0 Å². The maximum absolute atomic E-state index is 13.5. The maximum atomic E-state index is 13.5. The summed E-state index contributed by atoms with van der Waals surface area (Å²) in [5.41, 5.74) is 8.91. The van der Waals surface area contributed by atoms with E-state index >= 15 is 0 Å². The van der Waals surface area contributed by atoms with Crippen molar-refractivity contribution in [3.63, 3.8) is 0 Å². The molecule has 0 saturated carbocycles. The van der Waals surface area contributed by atoms with Crippen molar-refractivity contribution in [2.45, 2.75) is 39.0 Å². The molecule has 3 aromatic carbocycles. The van der Waals surface area contributed by atoms with Crippen LogP contribution in [0.4, 0.5) is 0 Å². The summed E-state index contributed by atoms with van der Waals surface area (Å²) in [5, 5.41) is 0. The molecule has 3 aromatic rings. The molecular weight excluding hydrogens is 482 g/mol. The van der Waals surface area contributed by atoms with Crippen LogP contribution in [-0.4, -0.2) is 44.5 Å². The molecule has 0 radical (unpaired) electrons. The van der Waals surface area contributed by atoms with E-state index < -0.39 is 0 Å². The number of methoxy groups -OCH3 is 2. The van der Waals surface area contributed by atoms with Crippen molar-refractivity contribution in [3.8, 4) is 11.5 Å². The molecule has 5 rings (SSSR count). The number of hydrogen-bond acceptors (Lipinski definition) is 4. The Labute approximate surface area is 233 Å². The number of likely N-dealkylation sites (tertiary alicyclic amines) is 1. The van der Waals surface area contributed by atoms with Gasteiger partial charge in [0.1, 0.15) is 0 Å². The predicted octanol–water partition coefficient (Wildman–Crippen LogP) is 7.77. The van der Waals surface area contributed by atoms with Crippen LogP contribution in [-0.2, 0) is 0 Å². The first kappa shape index (κ1) is 27.0. The summed E-state index contributed by atoms with van der Waals surface area (Å²) in [7, 11) is 3.22. The Balaban J connectivity index is 1.29. The van der Waals surface area contributed by atoms with Gasteiger partial charge in [0.15, 0.2) is 17.3 Å². The first-order valence-corrected chi connectivity index (χ1v) is 14.2. The van der Waals surface area contributed by atoms with Crippen molar-refractivity contribution in [2.24, 2.45) is 5.92 Å². The molecule has 1 aliphatic heterocycles. The standard InChI is InChI=1S/C35H39NO3/c1-4-9-28(35(37)29-16-17-32(38-2)33(24-29)39-3)20-23-36-21-18-27(19-22-36)34-30-12-7-5-10-25(30)14-15-26-11-6-8-13-31(26)34/h5-8,10-17,24,28H,4,9,18-23H2,1-3H3. The van der Waals surface area contributed by atoms with Crippen LogP contribution in [0.1, 0.15) is 71.6 Å². The van der Waals surface area contributed by atoms with Crippen molar-refractivity contribution < 1.29 is 14.3 Å². The second-order valence-corrected chi connectivity index (χ2v) is 10.5. The number of piperidine rings is 1. The summed E-state index contributed by atoms with van der Waals surface area (Å²) in [5.74, 6) is 1.47. The number of carbonyl (C=O) groups excluding carboxylic acids is 1. The number of nitrogens with zero attached hydrogens (tertiary/aromatic N) is 1. The van der Waals surface area contributed by atoms with Gasteiger partial charge in [0, 0.05) is 24.6 Å². The van der Waals surface area contributed by atoms with Crippen LogP contribution in [0.15, 0.2) is 72.3 Å². The Kier molecular flexibility index (Phi) is 8.63. The van der Waals surface area contributed by atoms with Gasteiger partial charge in [0.25, 0.3) is 0 Å². The Bertz CT molecular complexity index is 1320. The number of benzene rings is 3. The monoisotopic (exact) mass is 521 g/mol. The van der Waals surface area contributed by atoms with Crippen LogP contribution < -0.4 is 9.47 Å². The number of ether oxygens (including phenoxy) is 2. The van der Waals surface area contributed by atoms with Gasteiger partial charge in [-0.2, -0.15) is 0 Å². The smallest absolute Gasteiger partial charge is 0.166 e. The number of fused-ring (bicyclic) bond motifs is 2. The lowest BCUT2D eigenvalue weighted by molar-refractivity contribution is 0.0892. The molecule has 0 N–H and O–H groups in total. The van der Waals surface area contributed by atoms with Gasteiger partial charge in [-0.1, -0.05) is 79.6 Å². The third kappa shape index (κ3) is 5.86. The lowest BCUT2D eigenvalue weighted by Gasteiger charge is -2.31. The van der Waals surface area contributed by atoms with E-state index in [0.717, 1.165) is 51.7 Å². The summed E-state index contributed by atoms with van der Waals surface area (Å²) in [6.07, 6.45) is 9.38. The third-order valence-corrected chi connectivity index (χ3v) is 8.19. The van der Waals surface area contributed by atoms with Gasteiger partial charge >= 0.3 is 0 Å². The number of ketones is 1. The average molecular weight is 522 g/mol. The van der Waals surface area contributed by atoms with E-state index in [2.05, 4.69) is 72.5 Å². The number of rotatable bonds is 9. The summed E-state index contributed by atoms with van der Waals surface area (Å²) in [4.78, 5) is 16.0. The summed E-state index contributed by atoms with van der Waals surface area (Å²) < 4.78 is 10.8. The summed E-state index contributed by atoms with van der Waals surface area (Å²) in [6, 6.07) is 23.0. The van der Waals surface area contributed by atoms with Gasteiger partial charge in [0.05, 0.1) is 14.2 Å². The van der Waals surface area contributed by atoms with E-state index in [1.807, 2.05) is 18.2 Å². The quantitative estimate of drug-likeness (QED) is 0.211. The molecule has 39 heavy (non-hydrogen) atoms. The zero-order valence-corrected chi connectivity index (χ0v) is 23.4. The third-order valence-electron chi connectivity index (χ3n) is 8.19. The first-order chi connectivity index (χ1) is 19.1. The summed E-state index contributed by atoms with van der Waals surface area (Å²) in [6.45, 7) is 5.16. The second kappa shape index (κ2) is 12.5. The van der Waals surface area contributed by atoms with Crippen molar-refractivity contribution in [1.82, 2.24) is 4.90 Å². The van der Waals surface area contributed by atoms with Crippen molar-refractivity contribution in [1.29, 1.82) is 0 Å². The predicted molar refractivity (Wildman–Crippen MR) is 160 cm³/mol. The van der Waals surface area contributed by atoms with Gasteiger partial charge in [0.2, 0.25) is 0 Å². The minimum absolute atomic E-state index is 0.0135. The Morgan fingerprint density at radius 2 is 1.44 bits per heavy atom. The minimum atomic E-state index is 0.0135. The van der Waals surface area contributed by atoms with Crippen LogP contribution in [0.5, 0.6) is 11.5 Å². The lowest BCUT2D eigenvalue weighted by atomic mass is 9.85. The highest BCUT2D eigenvalue weighted by atomic mass is 16.5. The van der Waals surface area contributed by atoms with E-state index in [0.29, 0.717) is 17.1 Å². The van der Waals surface area contributed by atoms with E-state index in [9.17, 15) is 4.79 Å². The lowest BCUT2D eigenvalue weighted by Crippen LogP contribution is -2.33. The van der Waals surface area contributed by atoms with Crippen molar-refractivity contribution in [2.75, 3.05) is 33.9 Å². The minimum Gasteiger partial charge on any atom is -0.493 e. The fourth-order valence-electron chi connectivity index (χ4n) is 6.06. The molecule has 1 unspecified atom stereocenters. The van der Waals surface area contributed by atoms with Gasteiger partial charge in [-0.15, -0.1) is 0 Å². The van der Waals surface area contributed by atoms with E-state index in [1.165, 1.54) is 27.8 Å². The Morgan fingerprint density at radius 1 is 0.821 bits per heavy atom. The number of carbonyl (C=O) groups is 1. The Hall–Kier alpha value is -3.63. The van der Waals surface area contributed by atoms with Crippen LogP contribution in [0, 0.1) is 5.92 Å². The molecule has 0 bridgehead atoms. The molecule has 202 valence electrons. The number of hydrogen-bond donors (Lipinski definition) is 0. The molecule has 1 atom stereocenters. The fourth-order valence-corrected chi connectivity index (χ4v) is 6.06. The molecule has 1 fully saturated rings. The normalized spacial score (nSPS) is 15.8. The van der Waals surface area contributed by atoms with Gasteiger partial charge in [-0.25, -0.2) is 0 Å². The molecular formula is C35H39NO3. The van der Waals surface area contributed by atoms with Gasteiger partial charge in [-0.3, -0.25) is 4.79 Å². The molecule has 0 spiro atoms. The molecule has 1 aliphatic carbocycles. The zero-order valence-electron chi connectivity index (χ0n) is 23.4. The molecule has 0 amide bonds. The maximum Gasteiger partial charge on any atom is 0.166 e. The van der Waals surface area contributed by atoms with Gasteiger partial charge < -0.3 is 14.4 Å². The van der Waals surface area contributed by atoms with E-state index in [-0.39, 0.29) is 11.7 Å². The highest BCUT2D eigenvalue weighted by Gasteiger charge is 2.25. The molecule has 1 heterocycles. The van der Waals surface area contributed by atoms with Gasteiger partial charge in [-0.05, 0) is 78.3 Å². The SMILES string of the molecule is CCCC(CCN1CCC(=C2c3ccccc3C=Cc3ccccc32)CC1)C(=O)c1ccc(OC)c(OC)c1. The highest BCUT2D eigenvalue weighted by Crippen LogP contribution is 2.39. The fraction of sp³-hybridized carbons (Fsp3) is 0.343. The van der Waals surface area contributed by atoms with Crippen LogP contribution in [0.25, 0.3) is 17.7 Å². The first-order valence-electron chi connectivity index (χ1n) is 14.2. The van der Waals surface area contributed by atoms with Crippen molar-refractivity contribution in [3.05, 3.63) is 100 Å². The van der Waals surface area contributed by atoms with E-state index in [1.54, 1.807) is 19.8 Å². The Morgan fingerprint density at radius 3 is 2.03 bits per heavy atom. The topological polar surface area (TPSA) is 38.8 Å². The molecule has 4 heteroatoms. The van der Waals surface area contributed by atoms with Crippen molar-refractivity contribution >= 4 is 23.5 Å². The molecule has 0 aromatic heterocycles. The van der Waals surface area contributed by atoms with Crippen LogP contribution >= 0.6 is 0 Å². The highest BCUT2D eigenvalue weighted by molar-refractivity contribution is 5.98. The molecule has 4 nitrogen and oxygen atoms in total. The number of Topliss-reactive ketones (excluding diaryl/α,β-unsaturated/α-hetero) is 1. The van der Waals surface area contributed by atoms with E-state index in [4.69, 9.17) is 9.47 Å². The molecule has 1 saturated heterocycles. The molecule has 2 aliphatic rings. The average Bonchev–Trinajstić information content (AvgIpc) is 3.16.